The molecule has 0 fully saturated rings. The van der Waals surface area contributed by atoms with Gasteiger partial charge in [0.1, 0.15) is 5.75 Å². The molecule has 19 heavy (non-hydrogen) atoms. The first-order valence-electron chi connectivity index (χ1n) is 5.71. The lowest BCUT2D eigenvalue weighted by molar-refractivity contribution is 0.482. The van der Waals surface area contributed by atoms with E-state index in [1.54, 1.807) is 24.4 Å². The Hall–Kier alpha value is -1.77. The molecule has 3 rings (SSSR count). The number of halogens is 2. The molecule has 0 aliphatic rings. The van der Waals surface area contributed by atoms with E-state index >= 15 is 0 Å². The van der Waals surface area contributed by atoms with Crippen molar-refractivity contribution in [1.82, 2.24) is 4.98 Å². The molecule has 0 saturated heterocycles. The Morgan fingerprint density at radius 1 is 0.895 bits per heavy atom. The van der Waals surface area contributed by atoms with Crippen LogP contribution in [-0.4, -0.2) is 4.98 Å². The molecular weight excluding hydrogens is 281 g/mol. The highest BCUT2D eigenvalue weighted by atomic mass is 35.5. The van der Waals surface area contributed by atoms with Crippen molar-refractivity contribution >= 4 is 34.1 Å². The minimum Gasteiger partial charge on any atom is -0.453 e. The maximum Gasteiger partial charge on any atom is 0.164 e. The molecule has 0 N–H and O–H groups in total. The Morgan fingerprint density at radius 3 is 2.42 bits per heavy atom. The van der Waals surface area contributed by atoms with Gasteiger partial charge in [0.05, 0.1) is 21.8 Å². The lowest BCUT2D eigenvalue weighted by Crippen LogP contribution is -1.88. The van der Waals surface area contributed by atoms with Crippen molar-refractivity contribution in [3.05, 3.63) is 64.8 Å². The second-order valence-electron chi connectivity index (χ2n) is 4.02. The van der Waals surface area contributed by atoms with Gasteiger partial charge in [-0.05, 0) is 24.3 Å². The molecule has 0 amide bonds. The largest absolute Gasteiger partial charge is 0.453 e. The van der Waals surface area contributed by atoms with E-state index in [1.807, 2.05) is 30.3 Å². The third kappa shape index (κ3) is 2.50. The predicted octanol–water partition coefficient (Wildman–Crippen LogP) is 5.33. The van der Waals surface area contributed by atoms with Gasteiger partial charge in [-0.15, -0.1) is 0 Å². The van der Waals surface area contributed by atoms with Crippen molar-refractivity contribution in [2.24, 2.45) is 0 Å². The van der Waals surface area contributed by atoms with Crippen LogP contribution in [0, 0.1) is 0 Å². The summed E-state index contributed by atoms with van der Waals surface area (Å²) in [5.74, 6) is 1.05. The van der Waals surface area contributed by atoms with Gasteiger partial charge in [0.15, 0.2) is 5.75 Å². The van der Waals surface area contributed by atoms with Crippen LogP contribution in [0.3, 0.4) is 0 Å². The van der Waals surface area contributed by atoms with Gasteiger partial charge >= 0.3 is 0 Å². The van der Waals surface area contributed by atoms with Crippen LogP contribution >= 0.6 is 23.2 Å². The molecule has 2 nitrogen and oxygen atoms in total. The van der Waals surface area contributed by atoms with Crippen LogP contribution < -0.4 is 4.74 Å². The fourth-order valence-corrected chi connectivity index (χ4v) is 2.28. The van der Waals surface area contributed by atoms with E-state index in [9.17, 15) is 0 Å². The minimum absolute atomic E-state index is 0.447. The minimum atomic E-state index is 0.447. The summed E-state index contributed by atoms with van der Waals surface area (Å²) in [6.07, 6.45) is 1.65. The van der Waals surface area contributed by atoms with Crippen molar-refractivity contribution in [2.75, 3.05) is 0 Å². The Morgan fingerprint density at radius 2 is 1.63 bits per heavy atom. The van der Waals surface area contributed by atoms with Crippen LogP contribution in [0.15, 0.2) is 54.7 Å². The average molecular weight is 290 g/mol. The smallest absolute Gasteiger partial charge is 0.164 e. The summed E-state index contributed by atoms with van der Waals surface area (Å²) in [7, 11) is 0. The van der Waals surface area contributed by atoms with Gasteiger partial charge in [0.25, 0.3) is 0 Å². The van der Waals surface area contributed by atoms with Crippen molar-refractivity contribution in [1.29, 1.82) is 0 Å². The zero-order valence-electron chi connectivity index (χ0n) is 9.81. The molecule has 94 valence electrons. The van der Waals surface area contributed by atoms with E-state index in [0.717, 1.165) is 10.9 Å². The Labute approximate surface area is 120 Å². The molecule has 0 aliphatic carbocycles. The standard InChI is InChI=1S/C15H9Cl2NO/c16-12-5-3-6-13(17)15(12)19-11-8-10-4-1-2-7-14(10)18-9-11/h1-9H. The number of benzene rings is 2. The summed E-state index contributed by atoms with van der Waals surface area (Å²) < 4.78 is 5.72. The predicted molar refractivity (Wildman–Crippen MR) is 78.3 cm³/mol. The van der Waals surface area contributed by atoms with Crippen LogP contribution in [-0.2, 0) is 0 Å². The second-order valence-corrected chi connectivity index (χ2v) is 4.83. The van der Waals surface area contributed by atoms with E-state index < -0.39 is 0 Å². The van der Waals surface area contributed by atoms with E-state index in [0.29, 0.717) is 21.5 Å². The van der Waals surface area contributed by atoms with E-state index in [1.165, 1.54) is 0 Å². The topological polar surface area (TPSA) is 22.1 Å². The molecular formula is C15H9Cl2NO. The number of hydrogen-bond acceptors (Lipinski definition) is 2. The molecule has 0 atom stereocenters. The fraction of sp³-hybridized carbons (Fsp3) is 0. The lowest BCUT2D eigenvalue weighted by atomic mass is 10.2. The first kappa shape index (κ1) is 12.3. The summed E-state index contributed by atoms with van der Waals surface area (Å²) in [6.45, 7) is 0. The molecule has 2 aromatic carbocycles. The number of ether oxygens (including phenoxy) is 1. The number of rotatable bonds is 2. The molecule has 0 unspecified atom stereocenters. The lowest BCUT2D eigenvalue weighted by Gasteiger charge is -2.09. The Bertz CT molecular complexity index is 723. The summed E-state index contributed by atoms with van der Waals surface area (Å²) in [5.41, 5.74) is 0.917. The van der Waals surface area contributed by atoms with Gasteiger partial charge in [-0.25, -0.2) is 0 Å². The maximum atomic E-state index is 6.07. The highest BCUT2D eigenvalue weighted by Gasteiger charge is 2.08. The van der Waals surface area contributed by atoms with Crippen molar-refractivity contribution in [3.63, 3.8) is 0 Å². The third-order valence-corrected chi connectivity index (χ3v) is 3.30. The summed E-state index contributed by atoms with van der Waals surface area (Å²) >= 11 is 12.1. The number of aromatic nitrogens is 1. The molecule has 0 saturated carbocycles. The molecule has 3 aromatic rings. The molecule has 1 heterocycles. The molecule has 4 heteroatoms. The molecule has 0 bridgehead atoms. The number of fused-ring (bicyclic) bond motifs is 1. The van der Waals surface area contributed by atoms with Crippen LogP contribution in [0.25, 0.3) is 10.9 Å². The fourth-order valence-electron chi connectivity index (χ4n) is 1.80. The van der Waals surface area contributed by atoms with E-state index in [-0.39, 0.29) is 0 Å². The third-order valence-electron chi connectivity index (χ3n) is 2.70. The maximum absolute atomic E-state index is 6.07. The van der Waals surface area contributed by atoms with Crippen LogP contribution in [0.1, 0.15) is 0 Å². The van der Waals surface area contributed by atoms with Crippen LogP contribution in [0.2, 0.25) is 10.0 Å². The average Bonchev–Trinajstić information content (AvgIpc) is 2.43. The normalized spacial score (nSPS) is 10.6. The van der Waals surface area contributed by atoms with Crippen LogP contribution in [0.5, 0.6) is 11.5 Å². The van der Waals surface area contributed by atoms with Gasteiger partial charge in [-0.3, -0.25) is 4.98 Å². The summed E-state index contributed by atoms with van der Waals surface area (Å²) in [4.78, 5) is 4.33. The van der Waals surface area contributed by atoms with Crippen molar-refractivity contribution < 1.29 is 4.74 Å². The van der Waals surface area contributed by atoms with Gasteiger partial charge in [-0.2, -0.15) is 0 Å². The first-order valence-corrected chi connectivity index (χ1v) is 6.46. The second kappa shape index (κ2) is 5.08. The quantitative estimate of drug-likeness (QED) is 0.636. The number of para-hydroxylation sites is 2. The highest BCUT2D eigenvalue weighted by Crippen LogP contribution is 2.36. The van der Waals surface area contributed by atoms with Crippen molar-refractivity contribution in [2.45, 2.75) is 0 Å². The van der Waals surface area contributed by atoms with E-state index in [2.05, 4.69) is 4.98 Å². The van der Waals surface area contributed by atoms with Gasteiger partial charge < -0.3 is 4.74 Å². The SMILES string of the molecule is Clc1cccc(Cl)c1Oc1cnc2ccccc2c1. The zero-order chi connectivity index (χ0) is 13.2. The van der Waals surface area contributed by atoms with Crippen molar-refractivity contribution in [3.8, 4) is 11.5 Å². The zero-order valence-corrected chi connectivity index (χ0v) is 11.3. The number of pyridine rings is 1. The van der Waals surface area contributed by atoms with Gasteiger partial charge in [0.2, 0.25) is 0 Å². The number of nitrogens with zero attached hydrogens (tertiary/aromatic N) is 1. The van der Waals surface area contributed by atoms with Gasteiger partial charge in [0, 0.05) is 5.39 Å². The summed E-state index contributed by atoms with van der Waals surface area (Å²) in [5, 5.41) is 1.95. The highest BCUT2D eigenvalue weighted by molar-refractivity contribution is 6.37. The number of hydrogen-bond donors (Lipinski definition) is 0. The Balaban J connectivity index is 2.01. The Kier molecular flexibility index (Phi) is 3.28. The van der Waals surface area contributed by atoms with Crippen LogP contribution in [0.4, 0.5) is 0 Å². The molecule has 1 aromatic heterocycles. The molecule has 0 radical (unpaired) electrons. The summed E-state index contributed by atoms with van der Waals surface area (Å²) in [6, 6.07) is 15.0. The molecule has 0 aliphatic heterocycles. The monoisotopic (exact) mass is 289 g/mol. The van der Waals surface area contributed by atoms with Gasteiger partial charge in [-0.1, -0.05) is 47.5 Å². The first-order chi connectivity index (χ1) is 9.24. The van der Waals surface area contributed by atoms with E-state index in [4.69, 9.17) is 27.9 Å². The molecule has 0 spiro atoms.